The second-order valence-electron chi connectivity index (χ2n) is 4.15. The minimum absolute atomic E-state index is 0.447. The van der Waals surface area contributed by atoms with Crippen LogP contribution in [-0.2, 0) is 18.5 Å². The Bertz CT molecular complexity index is 487. The quantitative estimate of drug-likeness (QED) is 0.735. The summed E-state index contributed by atoms with van der Waals surface area (Å²) < 4.78 is 114. The lowest BCUT2D eigenvalue weighted by molar-refractivity contribution is -0.150. The van der Waals surface area contributed by atoms with Crippen LogP contribution in [0, 0.1) is 0 Å². The number of hydrogen-bond acceptors (Lipinski definition) is 1. The lowest BCUT2D eigenvalue weighted by Gasteiger charge is -2.22. The fourth-order valence-corrected chi connectivity index (χ4v) is 1.74. The summed E-state index contributed by atoms with van der Waals surface area (Å²) >= 11 is 0. The molecule has 0 spiro atoms. The molecule has 1 unspecified atom stereocenters. The van der Waals surface area contributed by atoms with Crippen LogP contribution in [0.5, 0.6) is 0 Å². The summed E-state index contributed by atoms with van der Waals surface area (Å²) in [6.07, 6.45) is -18.6. The second-order valence-corrected chi connectivity index (χ2v) is 4.15. The molecule has 1 rings (SSSR count). The van der Waals surface area contributed by atoms with E-state index in [9.17, 15) is 39.5 Å². The molecule has 0 aliphatic heterocycles. The zero-order valence-corrected chi connectivity index (χ0v) is 10.1. The van der Waals surface area contributed by atoms with Crippen LogP contribution in [0.3, 0.4) is 0 Å². The van der Waals surface area contributed by atoms with E-state index < -0.39 is 59.0 Å². The van der Waals surface area contributed by atoms with Crippen molar-refractivity contribution >= 4 is 0 Å². The van der Waals surface area contributed by atoms with Crippen LogP contribution in [0.15, 0.2) is 12.1 Å². The smallest absolute Gasteiger partial charge is 0.389 e. The molecular formula is C11H7F9O. The van der Waals surface area contributed by atoms with Crippen molar-refractivity contribution in [2.24, 2.45) is 0 Å². The van der Waals surface area contributed by atoms with Crippen molar-refractivity contribution in [3.63, 3.8) is 0 Å². The standard InChI is InChI=1S/C11H7F9O/c1-4(21)8-6(10(15,16)17)2-5(9(12,13)14)3-7(8)11(18,19)20/h2-4,21H,1H3. The van der Waals surface area contributed by atoms with Crippen LogP contribution in [0.25, 0.3) is 0 Å². The van der Waals surface area contributed by atoms with Gasteiger partial charge < -0.3 is 5.11 Å². The van der Waals surface area contributed by atoms with Crippen molar-refractivity contribution in [3.8, 4) is 0 Å². The maximum Gasteiger partial charge on any atom is 0.416 e. The van der Waals surface area contributed by atoms with Crippen molar-refractivity contribution in [2.75, 3.05) is 0 Å². The van der Waals surface area contributed by atoms with Gasteiger partial charge in [0.15, 0.2) is 0 Å². The van der Waals surface area contributed by atoms with Crippen LogP contribution in [0.4, 0.5) is 39.5 Å². The minimum atomic E-state index is -5.48. The third kappa shape index (κ3) is 3.80. The molecule has 0 fully saturated rings. The van der Waals surface area contributed by atoms with Gasteiger partial charge in [0.1, 0.15) is 0 Å². The Morgan fingerprint density at radius 2 is 1.10 bits per heavy atom. The highest BCUT2D eigenvalue weighted by atomic mass is 19.4. The Hall–Kier alpha value is -1.45. The summed E-state index contributed by atoms with van der Waals surface area (Å²) in [6, 6.07) is -0.894. The van der Waals surface area contributed by atoms with Gasteiger partial charge in [0, 0.05) is 5.56 Å². The van der Waals surface area contributed by atoms with Gasteiger partial charge in [-0.1, -0.05) is 0 Å². The number of halogens is 9. The van der Waals surface area contributed by atoms with Crippen molar-refractivity contribution in [1.82, 2.24) is 0 Å². The van der Waals surface area contributed by atoms with Crippen LogP contribution in [0.2, 0.25) is 0 Å². The van der Waals surface area contributed by atoms with Crippen molar-refractivity contribution in [1.29, 1.82) is 0 Å². The number of hydrogen-bond donors (Lipinski definition) is 1. The number of benzene rings is 1. The van der Waals surface area contributed by atoms with Gasteiger partial charge in [-0.15, -0.1) is 0 Å². The molecule has 0 aromatic heterocycles. The van der Waals surface area contributed by atoms with E-state index in [4.69, 9.17) is 5.11 Å². The molecule has 1 aromatic carbocycles. The topological polar surface area (TPSA) is 20.2 Å². The van der Waals surface area contributed by atoms with E-state index in [0.29, 0.717) is 6.92 Å². The summed E-state index contributed by atoms with van der Waals surface area (Å²) in [4.78, 5) is 0. The molecule has 120 valence electrons. The number of aliphatic hydroxyl groups excluding tert-OH is 1. The summed E-state index contributed by atoms with van der Waals surface area (Å²) in [5, 5.41) is 9.12. The van der Waals surface area contributed by atoms with E-state index in [-0.39, 0.29) is 0 Å². The molecule has 0 saturated carbocycles. The molecule has 1 nitrogen and oxygen atoms in total. The number of alkyl halides is 9. The van der Waals surface area contributed by atoms with Crippen molar-refractivity contribution < 1.29 is 44.6 Å². The molecule has 1 aromatic rings. The molecule has 0 bridgehead atoms. The van der Waals surface area contributed by atoms with Gasteiger partial charge in [0.05, 0.1) is 22.8 Å². The Balaban J connectivity index is 3.85. The molecule has 10 heteroatoms. The molecule has 1 N–H and O–H groups in total. The normalized spacial score (nSPS) is 15.2. The Morgan fingerprint density at radius 1 is 0.762 bits per heavy atom. The molecule has 0 heterocycles. The minimum Gasteiger partial charge on any atom is -0.389 e. The Morgan fingerprint density at radius 3 is 1.29 bits per heavy atom. The van der Waals surface area contributed by atoms with Gasteiger partial charge in [0.2, 0.25) is 0 Å². The zero-order valence-electron chi connectivity index (χ0n) is 10.1. The van der Waals surface area contributed by atoms with Gasteiger partial charge >= 0.3 is 18.5 Å². The Kier molecular flexibility index (Phi) is 4.25. The van der Waals surface area contributed by atoms with Crippen molar-refractivity contribution in [3.05, 3.63) is 34.4 Å². The van der Waals surface area contributed by atoms with Gasteiger partial charge in [-0.2, -0.15) is 39.5 Å². The molecule has 0 saturated heterocycles. The lowest BCUT2D eigenvalue weighted by atomic mass is 9.93. The third-order valence-corrected chi connectivity index (χ3v) is 2.54. The number of aliphatic hydroxyl groups is 1. The first kappa shape index (κ1) is 17.6. The highest BCUT2D eigenvalue weighted by molar-refractivity contribution is 5.44. The summed E-state index contributed by atoms with van der Waals surface area (Å²) in [5.41, 5.74) is -8.06. The van der Waals surface area contributed by atoms with Crippen LogP contribution in [-0.4, -0.2) is 5.11 Å². The lowest BCUT2D eigenvalue weighted by Crippen LogP contribution is -2.21. The highest BCUT2D eigenvalue weighted by Gasteiger charge is 2.45. The Labute approximate surface area is 112 Å². The SMILES string of the molecule is CC(O)c1c(C(F)(F)F)cc(C(F)(F)F)cc1C(F)(F)F. The molecule has 1 atom stereocenters. The van der Waals surface area contributed by atoms with Crippen molar-refractivity contribution in [2.45, 2.75) is 31.6 Å². The predicted molar refractivity (Wildman–Crippen MR) is 52.1 cm³/mol. The average Bonchev–Trinajstić information content (AvgIpc) is 2.23. The summed E-state index contributed by atoms with van der Waals surface area (Å²) in [7, 11) is 0. The molecular weight excluding hydrogens is 319 g/mol. The number of rotatable bonds is 1. The van der Waals surface area contributed by atoms with Gasteiger partial charge in [-0.25, -0.2) is 0 Å². The zero-order chi connectivity index (χ0) is 16.8. The largest absolute Gasteiger partial charge is 0.416 e. The van der Waals surface area contributed by atoms with E-state index in [2.05, 4.69) is 0 Å². The molecule has 0 radical (unpaired) electrons. The second kappa shape index (κ2) is 5.08. The average molecular weight is 326 g/mol. The summed E-state index contributed by atoms with van der Waals surface area (Å²) in [6.45, 7) is 0.604. The third-order valence-electron chi connectivity index (χ3n) is 2.54. The van der Waals surface area contributed by atoms with E-state index in [0.717, 1.165) is 0 Å². The predicted octanol–water partition coefficient (Wildman–Crippen LogP) is 4.80. The van der Waals surface area contributed by atoms with Gasteiger partial charge in [-0.3, -0.25) is 0 Å². The monoisotopic (exact) mass is 326 g/mol. The molecule has 0 aliphatic rings. The van der Waals surface area contributed by atoms with E-state index in [1.54, 1.807) is 0 Å². The first-order chi connectivity index (χ1) is 9.15. The van der Waals surface area contributed by atoms with E-state index in [1.165, 1.54) is 0 Å². The summed E-state index contributed by atoms with van der Waals surface area (Å²) in [5.74, 6) is 0. The maximum atomic E-state index is 12.7. The van der Waals surface area contributed by atoms with Crippen LogP contribution in [0.1, 0.15) is 35.3 Å². The molecule has 0 aliphatic carbocycles. The van der Waals surface area contributed by atoms with Gasteiger partial charge in [-0.05, 0) is 19.1 Å². The van der Waals surface area contributed by atoms with E-state index in [1.807, 2.05) is 0 Å². The van der Waals surface area contributed by atoms with Crippen LogP contribution >= 0.6 is 0 Å². The maximum absolute atomic E-state index is 12.7. The fourth-order valence-electron chi connectivity index (χ4n) is 1.74. The van der Waals surface area contributed by atoms with Crippen LogP contribution < -0.4 is 0 Å². The van der Waals surface area contributed by atoms with E-state index >= 15 is 0 Å². The first-order valence-corrected chi connectivity index (χ1v) is 5.23. The van der Waals surface area contributed by atoms with Gasteiger partial charge in [0.25, 0.3) is 0 Å². The fraction of sp³-hybridized carbons (Fsp3) is 0.455. The molecule has 0 amide bonds. The first-order valence-electron chi connectivity index (χ1n) is 5.23. The molecule has 21 heavy (non-hydrogen) atoms. The highest BCUT2D eigenvalue weighted by Crippen LogP contribution is 2.45.